The summed E-state index contributed by atoms with van der Waals surface area (Å²) in [6, 6.07) is 5.41. The lowest BCUT2D eigenvalue weighted by molar-refractivity contribution is -0.116. The van der Waals surface area contributed by atoms with E-state index >= 15 is 0 Å². The number of nitrogens with zero attached hydrogens (tertiary/aromatic N) is 2. The average Bonchev–Trinajstić information content (AvgIpc) is 2.77. The van der Waals surface area contributed by atoms with Crippen LogP contribution in [-0.4, -0.2) is 15.6 Å². The third-order valence-electron chi connectivity index (χ3n) is 1.89. The van der Waals surface area contributed by atoms with E-state index in [2.05, 4.69) is 10.5 Å². The molecule has 2 aromatic heterocycles. The topological polar surface area (TPSA) is 60.1 Å². The molecule has 2 heterocycles. The van der Waals surface area contributed by atoms with Crippen molar-refractivity contribution < 1.29 is 9.32 Å². The summed E-state index contributed by atoms with van der Waals surface area (Å²) in [4.78, 5) is 11.5. The second-order valence-electron chi connectivity index (χ2n) is 3.23. The summed E-state index contributed by atoms with van der Waals surface area (Å²) in [6.45, 7) is 2.05. The second-order valence-corrected chi connectivity index (χ2v) is 3.23. The molecule has 0 atom stereocenters. The lowest BCUT2D eigenvalue weighted by atomic mass is 10.4. The van der Waals surface area contributed by atoms with Crippen molar-refractivity contribution in [2.24, 2.45) is 0 Å². The summed E-state index contributed by atoms with van der Waals surface area (Å²) in [5, 5.41) is 6.31. The highest BCUT2D eigenvalue weighted by Crippen LogP contribution is 2.06. The Morgan fingerprint density at radius 3 is 2.87 bits per heavy atom. The van der Waals surface area contributed by atoms with Crippen LogP contribution >= 0.6 is 0 Å². The number of aromatic nitrogens is 2. The van der Waals surface area contributed by atoms with Gasteiger partial charge in [-0.2, -0.15) is 0 Å². The van der Waals surface area contributed by atoms with Gasteiger partial charge >= 0.3 is 0 Å². The number of carbonyl (C=O) groups is 1. The molecule has 15 heavy (non-hydrogen) atoms. The smallest absolute Gasteiger partial charge is 0.245 e. The van der Waals surface area contributed by atoms with Crippen LogP contribution in [0.3, 0.4) is 0 Å². The molecule has 5 nitrogen and oxygen atoms in total. The monoisotopic (exact) mass is 205 g/mol. The van der Waals surface area contributed by atoms with Gasteiger partial charge in [0.1, 0.15) is 12.3 Å². The minimum atomic E-state index is -0.125. The highest BCUT2D eigenvalue weighted by molar-refractivity contribution is 5.89. The second kappa shape index (κ2) is 4.00. The van der Waals surface area contributed by atoms with E-state index in [1.165, 1.54) is 0 Å². The molecule has 78 valence electrons. The number of carbonyl (C=O) groups excluding carboxylic acids is 1. The molecule has 0 saturated carbocycles. The van der Waals surface area contributed by atoms with E-state index in [-0.39, 0.29) is 12.5 Å². The van der Waals surface area contributed by atoms with Crippen molar-refractivity contribution in [3.8, 4) is 0 Å². The predicted molar refractivity (Wildman–Crippen MR) is 54.3 cm³/mol. The lowest BCUT2D eigenvalue weighted by Crippen LogP contribution is -2.17. The fourth-order valence-corrected chi connectivity index (χ4v) is 1.25. The standard InChI is InChI=1S/C10H11N3O2/c1-8-6-9(12-15-8)11-10(14)7-13-4-2-3-5-13/h2-6H,7H2,1H3,(H,11,12,14). The van der Waals surface area contributed by atoms with E-state index in [9.17, 15) is 4.79 Å². The average molecular weight is 205 g/mol. The Morgan fingerprint density at radius 1 is 1.53 bits per heavy atom. The third-order valence-corrected chi connectivity index (χ3v) is 1.89. The van der Waals surface area contributed by atoms with Crippen molar-refractivity contribution in [3.05, 3.63) is 36.4 Å². The van der Waals surface area contributed by atoms with E-state index in [1.807, 2.05) is 24.5 Å². The van der Waals surface area contributed by atoms with E-state index < -0.39 is 0 Å². The van der Waals surface area contributed by atoms with Gasteiger partial charge in [-0.05, 0) is 19.1 Å². The molecule has 0 fully saturated rings. The van der Waals surface area contributed by atoms with Crippen molar-refractivity contribution in [2.75, 3.05) is 5.32 Å². The van der Waals surface area contributed by atoms with Gasteiger partial charge in [-0.15, -0.1) is 0 Å². The van der Waals surface area contributed by atoms with Gasteiger partial charge in [0.15, 0.2) is 5.82 Å². The van der Waals surface area contributed by atoms with Gasteiger partial charge in [-0.1, -0.05) is 5.16 Å². The van der Waals surface area contributed by atoms with Gasteiger partial charge in [0, 0.05) is 18.5 Å². The number of aryl methyl sites for hydroxylation is 1. The molecule has 2 aromatic rings. The first-order valence-electron chi connectivity index (χ1n) is 4.58. The van der Waals surface area contributed by atoms with Crippen LogP contribution in [0.2, 0.25) is 0 Å². The van der Waals surface area contributed by atoms with Gasteiger partial charge in [0.05, 0.1) is 0 Å². The Labute approximate surface area is 86.7 Å². The molecule has 0 aromatic carbocycles. The van der Waals surface area contributed by atoms with Gasteiger partial charge < -0.3 is 14.4 Å². The molecule has 0 aliphatic heterocycles. The Bertz CT molecular complexity index is 445. The number of amides is 1. The zero-order chi connectivity index (χ0) is 10.7. The molecule has 2 rings (SSSR count). The summed E-state index contributed by atoms with van der Waals surface area (Å²) >= 11 is 0. The minimum Gasteiger partial charge on any atom is -0.360 e. The van der Waals surface area contributed by atoms with E-state index in [0.29, 0.717) is 11.6 Å². The largest absolute Gasteiger partial charge is 0.360 e. The molecule has 5 heteroatoms. The maximum absolute atomic E-state index is 11.5. The number of nitrogens with one attached hydrogen (secondary N) is 1. The maximum atomic E-state index is 11.5. The Morgan fingerprint density at radius 2 is 2.27 bits per heavy atom. The molecule has 1 amide bonds. The van der Waals surface area contributed by atoms with E-state index in [1.54, 1.807) is 17.6 Å². The number of hydrogen-bond donors (Lipinski definition) is 1. The van der Waals surface area contributed by atoms with Crippen LogP contribution in [0.1, 0.15) is 5.76 Å². The van der Waals surface area contributed by atoms with Crippen molar-refractivity contribution in [1.82, 2.24) is 9.72 Å². The first kappa shape index (κ1) is 9.51. The minimum absolute atomic E-state index is 0.125. The van der Waals surface area contributed by atoms with Crippen molar-refractivity contribution in [1.29, 1.82) is 0 Å². The zero-order valence-corrected chi connectivity index (χ0v) is 8.30. The molecule has 0 aliphatic rings. The fraction of sp³-hybridized carbons (Fsp3) is 0.200. The van der Waals surface area contributed by atoms with Crippen LogP contribution in [0.4, 0.5) is 5.82 Å². The Kier molecular flexibility index (Phi) is 2.53. The van der Waals surface area contributed by atoms with Gasteiger partial charge in [-0.25, -0.2) is 0 Å². The highest BCUT2D eigenvalue weighted by Gasteiger charge is 2.05. The molecular weight excluding hydrogens is 194 g/mol. The Balaban J connectivity index is 1.93. The van der Waals surface area contributed by atoms with Crippen LogP contribution in [0.5, 0.6) is 0 Å². The molecule has 0 unspecified atom stereocenters. The number of hydrogen-bond acceptors (Lipinski definition) is 3. The predicted octanol–water partition coefficient (Wildman–Crippen LogP) is 1.42. The Hall–Kier alpha value is -2.04. The third kappa shape index (κ3) is 2.46. The summed E-state index contributed by atoms with van der Waals surface area (Å²) in [7, 11) is 0. The van der Waals surface area contributed by atoms with Gasteiger partial charge in [0.25, 0.3) is 0 Å². The van der Waals surface area contributed by atoms with E-state index in [4.69, 9.17) is 4.52 Å². The SMILES string of the molecule is Cc1cc(NC(=O)Cn2cccc2)no1. The van der Waals surface area contributed by atoms with Gasteiger partial charge in [0.2, 0.25) is 5.91 Å². The van der Waals surface area contributed by atoms with Crippen LogP contribution in [0.25, 0.3) is 0 Å². The normalized spacial score (nSPS) is 10.2. The molecule has 0 radical (unpaired) electrons. The highest BCUT2D eigenvalue weighted by atomic mass is 16.5. The first-order chi connectivity index (χ1) is 7.24. The summed E-state index contributed by atoms with van der Waals surface area (Å²) < 4.78 is 6.61. The quantitative estimate of drug-likeness (QED) is 0.824. The molecule has 0 bridgehead atoms. The molecule has 0 aliphatic carbocycles. The van der Waals surface area contributed by atoms with Crippen LogP contribution in [0, 0.1) is 6.92 Å². The van der Waals surface area contributed by atoms with Crippen LogP contribution in [-0.2, 0) is 11.3 Å². The first-order valence-corrected chi connectivity index (χ1v) is 4.58. The zero-order valence-electron chi connectivity index (χ0n) is 8.30. The van der Waals surface area contributed by atoms with Crippen molar-refractivity contribution in [3.63, 3.8) is 0 Å². The summed E-state index contributed by atoms with van der Waals surface area (Å²) in [6.07, 6.45) is 3.65. The molecule has 0 saturated heterocycles. The molecular formula is C10H11N3O2. The number of rotatable bonds is 3. The summed E-state index contributed by atoms with van der Waals surface area (Å²) in [5.74, 6) is 0.996. The lowest BCUT2D eigenvalue weighted by Gasteiger charge is -2.01. The van der Waals surface area contributed by atoms with Crippen LogP contribution in [0.15, 0.2) is 35.1 Å². The fourth-order valence-electron chi connectivity index (χ4n) is 1.25. The summed E-state index contributed by atoms with van der Waals surface area (Å²) in [5.41, 5.74) is 0. The van der Waals surface area contributed by atoms with Gasteiger partial charge in [-0.3, -0.25) is 4.79 Å². The van der Waals surface area contributed by atoms with E-state index in [0.717, 1.165) is 0 Å². The maximum Gasteiger partial charge on any atom is 0.245 e. The molecule has 0 spiro atoms. The van der Waals surface area contributed by atoms with Crippen molar-refractivity contribution >= 4 is 11.7 Å². The number of anilines is 1. The molecule has 1 N–H and O–H groups in total. The van der Waals surface area contributed by atoms with Crippen LogP contribution < -0.4 is 5.32 Å². The van der Waals surface area contributed by atoms with Crippen molar-refractivity contribution in [2.45, 2.75) is 13.5 Å².